The van der Waals surface area contributed by atoms with Gasteiger partial charge in [0, 0.05) is 224 Å². The van der Waals surface area contributed by atoms with Gasteiger partial charge >= 0.3 is 0 Å². The average Bonchev–Trinajstić information content (AvgIpc) is 0.778. The third-order valence-electron chi connectivity index (χ3n) is 26.8. The molecule has 0 aromatic heterocycles. The number of hydrogen-bond donors (Lipinski definition) is 4. The van der Waals surface area contributed by atoms with Crippen molar-refractivity contribution in [1.29, 1.82) is 0 Å². The van der Waals surface area contributed by atoms with E-state index in [0.29, 0.717) is 49.4 Å². The molecule has 9 rings (SSSR count). The van der Waals surface area contributed by atoms with E-state index in [-0.39, 0.29) is 321 Å². The number of ether oxygens (including phenoxy) is 17. The van der Waals surface area contributed by atoms with Gasteiger partial charge < -0.3 is 101 Å². The van der Waals surface area contributed by atoms with E-state index in [1.54, 1.807) is 0 Å². The van der Waals surface area contributed by atoms with E-state index in [2.05, 4.69) is 138 Å². The van der Waals surface area contributed by atoms with E-state index in [1.807, 2.05) is 34.6 Å². The smallest absolute Gasteiger partial charge is 0.184 e. The molecule has 9 heterocycles. The predicted molar refractivity (Wildman–Crippen MR) is 367 cm³/mol. The minimum atomic E-state index is -1.05. The molecule has 0 aromatic carbocycles. The van der Waals surface area contributed by atoms with E-state index >= 15 is 0 Å². The molecule has 584 valence electrons. The predicted octanol–water partition coefficient (Wildman–Crippen LogP) is 11.4. The number of aliphatic hydroxyl groups excluding tert-OH is 4. The maximum absolute atomic E-state index is 12.2. The van der Waals surface area contributed by atoms with Crippen molar-refractivity contribution in [3.8, 4) is 0 Å². The first-order valence-electron chi connectivity index (χ1n) is 39.2. The molecule has 25 heteroatoms. The van der Waals surface area contributed by atoms with Crippen molar-refractivity contribution < 1.29 is 277 Å². The summed E-state index contributed by atoms with van der Waals surface area (Å²) in [7, 11) is 0. The van der Waals surface area contributed by atoms with Gasteiger partial charge in [-0.2, -0.15) is 0 Å². The molecule has 9 aliphatic rings. The Balaban J connectivity index is 0.00000468. The van der Waals surface area contributed by atoms with Gasteiger partial charge in [-0.1, -0.05) is 152 Å². The summed E-state index contributed by atoms with van der Waals surface area (Å²) in [6.07, 6.45) is -10.4. The standard InChI is InChI=1S/C77H138O21.4Ac/c1-26-52-35(9)33(7)41(15)72(85-52)94-67-46(20)60(80)76(88-56(67)30-5)97-66-40(14)45(19)74(87-55(66)29-4)95-68-47(21)61(81)77(89-57(68)31-6)96-65-39(13)44(18)73(86-54(65)28-3)91-62-38(12)43(17)71(84-50(62)24)98-69-58(32-78)90-75(48(22)59(69)79)92-63-37(11)42(16)70(83-51(63)25)93-64-36(10)34(8)49(23)82-53(64)27-2;;;;/h33-81H,26-32H2,1-25H3;;;;/t33-,34?,35+,36+,37?,38+,39+,40?,41?,42?,43?,44?,45?,46+,47?,48?,49-,50?,51-,52?,53?,54?,55?,56?,57?,58?,59?,60?,61?,62+,63-,64+,65+,66-,67+,68-,69+,70+,71-,72-,73-,74+,75+,76-,77+;;;;/m0..../s1. The molecule has 102 heavy (non-hydrogen) atoms. The van der Waals surface area contributed by atoms with Crippen molar-refractivity contribution in [2.75, 3.05) is 6.61 Å². The molecular weight excluding hydrogens is 2170 g/mol. The van der Waals surface area contributed by atoms with Gasteiger partial charge in [-0.15, -0.1) is 0 Å². The van der Waals surface area contributed by atoms with Crippen LogP contribution in [0.2, 0.25) is 0 Å². The summed E-state index contributed by atoms with van der Waals surface area (Å²) in [6, 6.07) is 0. The van der Waals surface area contributed by atoms with Crippen LogP contribution >= 0.6 is 0 Å². The molecule has 9 saturated heterocycles. The quantitative estimate of drug-likeness (QED) is 0.0744. The Labute approximate surface area is 758 Å². The maximum atomic E-state index is 12.2. The van der Waals surface area contributed by atoms with Crippen molar-refractivity contribution in [1.82, 2.24) is 0 Å². The minimum Gasteiger partial charge on any atom is -0.394 e. The Bertz CT molecular complexity index is 2410. The van der Waals surface area contributed by atoms with Crippen LogP contribution in [0.25, 0.3) is 0 Å². The molecule has 4 N–H and O–H groups in total. The van der Waals surface area contributed by atoms with Crippen LogP contribution in [0.15, 0.2) is 0 Å². The first-order chi connectivity index (χ1) is 46.4. The Morgan fingerprint density at radius 3 is 0.804 bits per heavy atom. The van der Waals surface area contributed by atoms with Crippen molar-refractivity contribution in [3.05, 3.63) is 0 Å². The van der Waals surface area contributed by atoms with Gasteiger partial charge in [-0.05, 0) is 107 Å². The topological polar surface area (TPSA) is 238 Å². The SMILES string of the molecule is CCC1O[C@H](O[C@@H]2C(CC)O[C@H](O[C@H]3C(CC)O[C@@H](O[C@H]4C(C)O[C@@H](O[C@@H]5C(CO)O[C@H](O[C@H]6C(C)C(C)[C@@H](O[C@H]7C(CC)O[C@@H](C)C(C)[C@H]7C)O[C@H]6C)C(C)C5O)C(C)[C@H]4C)C(C)[C@H]3C)C(O)C2C)C(C)C(C)[C@@H]1O[C@@H]1OC(CC)[C@H](O[C@@H]2OC(CC)[C@H](C)[C@H](C)C2C)[C@H](C)C1O.[Ac].[Ac].[Ac].[Ac]. The van der Waals surface area contributed by atoms with Gasteiger partial charge in [-0.25, -0.2) is 0 Å². The summed E-state index contributed by atoms with van der Waals surface area (Å²) in [5.74, 6) is -0.113. The fraction of sp³-hybridized carbons (Fsp3) is 1.00. The van der Waals surface area contributed by atoms with E-state index in [0.717, 1.165) is 12.8 Å². The van der Waals surface area contributed by atoms with Gasteiger partial charge in [-0.3, -0.25) is 0 Å². The van der Waals surface area contributed by atoms with Crippen molar-refractivity contribution in [2.24, 2.45) is 94.7 Å². The maximum Gasteiger partial charge on any atom is 0.184 e. The van der Waals surface area contributed by atoms with E-state index in [9.17, 15) is 20.4 Å². The molecule has 0 bridgehead atoms. The molecule has 9 aliphatic heterocycles. The van der Waals surface area contributed by atoms with Crippen LogP contribution in [0.4, 0.5) is 0 Å². The van der Waals surface area contributed by atoms with Crippen molar-refractivity contribution in [2.45, 2.75) is 390 Å². The number of hydrogen-bond acceptors (Lipinski definition) is 21. The zero-order valence-corrected chi connectivity index (χ0v) is 86.0. The molecule has 0 saturated carbocycles. The molecule has 4 radical (unpaired) electrons. The fourth-order valence-electron chi connectivity index (χ4n) is 17.9. The van der Waals surface area contributed by atoms with Crippen LogP contribution in [-0.4, -0.2) is 206 Å². The van der Waals surface area contributed by atoms with Gasteiger partial charge in [0.1, 0.15) is 24.4 Å². The van der Waals surface area contributed by atoms with E-state index in [1.165, 1.54) is 0 Å². The van der Waals surface area contributed by atoms with Crippen LogP contribution < -0.4 is 0 Å². The molecule has 21 nitrogen and oxygen atoms in total. The zero-order valence-electron chi connectivity index (χ0n) is 67.0. The third kappa shape index (κ3) is 21.3. The van der Waals surface area contributed by atoms with Crippen molar-refractivity contribution >= 4 is 0 Å². The molecule has 9 fully saturated rings. The summed E-state index contributed by atoms with van der Waals surface area (Å²) in [5.41, 5.74) is 0. The second-order valence-electron chi connectivity index (χ2n) is 32.7. The summed E-state index contributed by atoms with van der Waals surface area (Å²) in [4.78, 5) is 0. The van der Waals surface area contributed by atoms with Gasteiger partial charge in [0.05, 0.1) is 110 Å². The summed E-state index contributed by atoms with van der Waals surface area (Å²) in [5, 5.41) is 47.1. The van der Waals surface area contributed by atoms with E-state index in [4.69, 9.17) is 80.5 Å². The first kappa shape index (κ1) is 97.5. The third-order valence-corrected chi connectivity index (χ3v) is 26.8. The fourth-order valence-corrected chi connectivity index (χ4v) is 17.9. The minimum absolute atomic E-state index is 0. The van der Waals surface area contributed by atoms with Crippen LogP contribution in [0.3, 0.4) is 0 Å². The Morgan fingerprint density at radius 2 is 0.451 bits per heavy atom. The monoisotopic (exact) mass is 2310 g/mol. The Hall–Kier alpha value is 4.93. The number of aliphatic hydroxyl groups is 4. The van der Waals surface area contributed by atoms with Crippen LogP contribution in [-0.2, 0) is 80.5 Å². The second-order valence-corrected chi connectivity index (χ2v) is 32.7. The molecule has 45 atom stereocenters. The molecule has 21 unspecified atom stereocenters. The Morgan fingerprint density at radius 1 is 0.206 bits per heavy atom. The molecule has 0 spiro atoms. The molecular formula is C77H138Ac4O21. The van der Waals surface area contributed by atoms with Crippen LogP contribution in [0.5, 0.6) is 0 Å². The molecule has 0 aromatic rings. The zero-order chi connectivity index (χ0) is 72.0. The van der Waals surface area contributed by atoms with Crippen LogP contribution in [0, 0.1) is 271 Å². The summed E-state index contributed by atoms with van der Waals surface area (Å²) < 4.78 is 115. The summed E-state index contributed by atoms with van der Waals surface area (Å²) in [6.45, 7) is 52.5. The van der Waals surface area contributed by atoms with Gasteiger partial charge in [0.2, 0.25) is 0 Å². The summed E-state index contributed by atoms with van der Waals surface area (Å²) >= 11 is 0. The van der Waals surface area contributed by atoms with Gasteiger partial charge in [0.15, 0.2) is 50.3 Å². The normalized spacial score (nSPS) is 52.4. The average molecular weight is 2310 g/mol. The van der Waals surface area contributed by atoms with Crippen LogP contribution in [0.1, 0.15) is 212 Å². The number of rotatable bonds is 23. The van der Waals surface area contributed by atoms with Crippen molar-refractivity contribution in [3.63, 3.8) is 0 Å². The Kier molecular flexibility index (Phi) is 41.5. The first-order valence-corrected chi connectivity index (χ1v) is 39.2. The molecule has 0 aliphatic carbocycles. The molecule has 0 amide bonds. The second kappa shape index (κ2) is 43.4. The van der Waals surface area contributed by atoms with Gasteiger partial charge in [0.25, 0.3) is 0 Å². The largest absolute Gasteiger partial charge is 0.394 e. The van der Waals surface area contributed by atoms with E-state index < -0.39 is 111 Å².